The summed E-state index contributed by atoms with van der Waals surface area (Å²) >= 11 is 0. The standard InChI is InChI=1S/C44H78N2O5/c1-3-5-7-9-11-13-15-17-19-21-23-25-30-34-42(47)50-37-40(46-44(49)41(45)36-39-32-28-27-29-33-39)38-51-43(48)35-31-26-24-22-20-18-16-14-12-10-8-6-4-2/h27-29,32-33,40-41H,3-26,30-31,34-38,45H2,1-2H3,(H,46,49). The van der Waals surface area contributed by atoms with Crippen molar-refractivity contribution in [3.63, 3.8) is 0 Å². The fourth-order valence-electron chi connectivity index (χ4n) is 6.51. The zero-order valence-corrected chi connectivity index (χ0v) is 33.1. The minimum absolute atomic E-state index is 0.0485. The van der Waals surface area contributed by atoms with Crippen molar-refractivity contribution in [3.05, 3.63) is 35.9 Å². The Balaban J connectivity index is 2.30. The van der Waals surface area contributed by atoms with E-state index in [0.717, 1.165) is 44.1 Å². The molecule has 0 bridgehead atoms. The van der Waals surface area contributed by atoms with Crippen LogP contribution in [0.2, 0.25) is 0 Å². The van der Waals surface area contributed by atoms with Gasteiger partial charge in [0.1, 0.15) is 13.2 Å². The molecule has 1 unspecified atom stereocenters. The molecule has 0 aliphatic heterocycles. The molecular formula is C44H78N2O5. The minimum atomic E-state index is -0.766. The number of ether oxygens (including phenoxy) is 2. The number of benzene rings is 1. The van der Waals surface area contributed by atoms with Gasteiger partial charge in [0.15, 0.2) is 0 Å². The van der Waals surface area contributed by atoms with Crippen molar-refractivity contribution in [2.75, 3.05) is 13.2 Å². The van der Waals surface area contributed by atoms with Gasteiger partial charge in [0.05, 0.1) is 12.1 Å². The average molecular weight is 715 g/mol. The van der Waals surface area contributed by atoms with E-state index in [4.69, 9.17) is 15.2 Å². The Morgan fingerprint density at radius 3 is 1.22 bits per heavy atom. The van der Waals surface area contributed by atoms with E-state index in [1.807, 2.05) is 30.3 Å². The van der Waals surface area contributed by atoms with Crippen LogP contribution in [0.25, 0.3) is 0 Å². The first-order valence-electron chi connectivity index (χ1n) is 21.4. The molecule has 0 saturated heterocycles. The van der Waals surface area contributed by atoms with Crippen LogP contribution in [0.1, 0.15) is 199 Å². The number of hydrogen-bond donors (Lipinski definition) is 2. The summed E-state index contributed by atoms with van der Waals surface area (Å²) in [7, 11) is 0. The van der Waals surface area contributed by atoms with Crippen LogP contribution in [0.15, 0.2) is 30.3 Å². The first-order valence-corrected chi connectivity index (χ1v) is 21.4. The molecule has 0 fully saturated rings. The lowest BCUT2D eigenvalue weighted by Crippen LogP contribution is -2.50. The van der Waals surface area contributed by atoms with Crippen LogP contribution in [0.5, 0.6) is 0 Å². The minimum Gasteiger partial charge on any atom is -0.463 e. The lowest BCUT2D eigenvalue weighted by Gasteiger charge is -2.21. The van der Waals surface area contributed by atoms with Crippen LogP contribution in [0.3, 0.4) is 0 Å². The highest BCUT2D eigenvalue weighted by atomic mass is 16.5. The molecule has 0 radical (unpaired) electrons. The van der Waals surface area contributed by atoms with Gasteiger partial charge >= 0.3 is 11.9 Å². The number of rotatable bonds is 36. The summed E-state index contributed by atoms with van der Waals surface area (Å²) in [6, 6.07) is 8.20. The topological polar surface area (TPSA) is 108 Å². The maximum Gasteiger partial charge on any atom is 0.305 e. The van der Waals surface area contributed by atoms with Gasteiger partial charge in [0, 0.05) is 12.8 Å². The molecule has 0 aliphatic rings. The molecule has 3 N–H and O–H groups in total. The highest BCUT2D eigenvalue weighted by Gasteiger charge is 2.21. The SMILES string of the molecule is CCCCCCCCCCCCCCCC(=O)OCC(COC(=O)CCCCCCCCCCCCCCC)NC(=O)C(N)Cc1ccccc1. The van der Waals surface area contributed by atoms with E-state index < -0.39 is 12.1 Å². The third-order valence-electron chi connectivity index (χ3n) is 9.84. The van der Waals surface area contributed by atoms with Crippen molar-refractivity contribution >= 4 is 17.8 Å². The zero-order chi connectivity index (χ0) is 37.0. The number of carbonyl (C=O) groups is 3. The Hall–Kier alpha value is -2.41. The molecule has 7 nitrogen and oxygen atoms in total. The molecule has 0 aliphatic carbocycles. The van der Waals surface area contributed by atoms with E-state index in [2.05, 4.69) is 19.2 Å². The van der Waals surface area contributed by atoms with Crippen LogP contribution in [-0.2, 0) is 30.3 Å². The Kier molecular flexibility index (Phi) is 31.7. The molecule has 0 spiro atoms. The van der Waals surface area contributed by atoms with Crippen molar-refractivity contribution in [2.24, 2.45) is 5.73 Å². The van der Waals surface area contributed by atoms with Gasteiger partial charge in [0.2, 0.25) is 5.91 Å². The number of nitrogens with one attached hydrogen (secondary N) is 1. The van der Waals surface area contributed by atoms with Gasteiger partial charge in [-0.15, -0.1) is 0 Å². The number of esters is 2. The first kappa shape index (κ1) is 46.6. The molecule has 1 amide bonds. The van der Waals surface area contributed by atoms with E-state index in [9.17, 15) is 14.4 Å². The van der Waals surface area contributed by atoms with Crippen LogP contribution >= 0.6 is 0 Å². The van der Waals surface area contributed by atoms with Crippen molar-refractivity contribution in [3.8, 4) is 0 Å². The third kappa shape index (κ3) is 29.8. The van der Waals surface area contributed by atoms with Gasteiger partial charge < -0.3 is 20.5 Å². The molecule has 0 saturated carbocycles. The molecule has 1 aromatic rings. The van der Waals surface area contributed by atoms with Gasteiger partial charge in [-0.1, -0.05) is 198 Å². The second-order valence-electron chi connectivity index (χ2n) is 14.9. The Labute approximate surface area is 313 Å². The molecule has 0 aromatic heterocycles. The van der Waals surface area contributed by atoms with Crippen molar-refractivity contribution < 1.29 is 23.9 Å². The van der Waals surface area contributed by atoms with Gasteiger partial charge in [0.25, 0.3) is 0 Å². The Morgan fingerprint density at radius 2 is 0.863 bits per heavy atom. The number of carbonyl (C=O) groups excluding carboxylic acids is 3. The highest BCUT2D eigenvalue weighted by Crippen LogP contribution is 2.15. The third-order valence-corrected chi connectivity index (χ3v) is 9.84. The Bertz CT molecular complexity index is 910. The summed E-state index contributed by atoms with van der Waals surface area (Å²) in [6.45, 7) is 4.42. The smallest absolute Gasteiger partial charge is 0.305 e. The van der Waals surface area contributed by atoms with Crippen LogP contribution in [-0.4, -0.2) is 43.1 Å². The lowest BCUT2D eigenvalue weighted by molar-refractivity contribution is -0.149. The van der Waals surface area contributed by atoms with Gasteiger partial charge in [-0.05, 0) is 24.8 Å². The summed E-state index contributed by atoms with van der Waals surface area (Å²) < 4.78 is 11.1. The maximum absolute atomic E-state index is 12.9. The quantitative estimate of drug-likeness (QED) is 0.0529. The molecule has 7 heteroatoms. The number of amides is 1. The fraction of sp³-hybridized carbons (Fsp3) is 0.795. The normalized spacial score (nSPS) is 11.8. The number of nitrogens with two attached hydrogens (primary N) is 1. The summed E-state index contributed by atoms with van der Waals surface area (Å²) in [4.78, 5) is 38.0. The van der Waals surface area contributed by atoms with E-state index in [1.54, 1.807) is 0 Å². The second kappa shape index (κ2) is 34.7. The predicted octanol–water partition coefficient (Wildman–Crippen LogP) is 11.1. The summed E-state index contributed by atoms with van der Waals surface area (Å²) in [6.07, 6.45) is 33.5. The molecule has 51 heavy (non-hydrogen) atoms. The van der Waals surface area contributed by atoms with Crippen molar-refractivity contribution in [1.82, 2.24) is 5.32 Å². The first-order chi connectivity index (χ1) is 25.0. The zero-order valence-electron chi connectivity index (χ0n) is 33.1. The van der Waals surface area contributed by atoms with Gasteiger partial charge in [-0.2, -0.15) is 0 Å². The van der Waals surface area contributed by atoms with Crippen LogP contribution in [0, 0.1) is 0 Å². The summed E-state index contributed by atoms with van der Waals surface area (Å²) in [5.41, 5.74) is 7.17. The van der Waals surface area contributed by atoms with Crippen molar-refractivity contribution in [1.29, 1.82) is 0 Å². The summed E-state index contributed by atoms with van der Waals surface area (Å²) in [5.74, 6) is -0.933. The van der Waals surface area contributed by atoms with E-state index in [-0.39, 0.29) is 31.1 Å². The molecular weight excluding hydrogens is 636 g/mol. The number of unbranched alkanes of at least 4 members (excludes halogenated alkanes) is 24. The van der Waals surface area contributed by atoms with Crippen LogP contribution in [0.4, 0.5) is 0 Å². The highest BCUT2D eigenvalue weighted by molar-refractivity contribution is 5.82. The van der Waals surface area contributed by atoms with E-state index >= 15 is 0 Å². The molecule has 1 rings (SSSR count). The van der Waals surface area contributed by atoms with E-state index in [1.165, 1.54) is 128 Å². The lowest BCUT2D eigenvalue weighted by atomic mass is 10.0. The number of hydrogen-bond acceptors (Lipinski definition) is 6. The predicted molar refractivity (Wildman–Crippen MR) is 213 cm³/mol. The average Bonchev–Trinajstić information content (AvgIpc) is 3.13. The van der Waals surface area contributed by atoms with Crippen molar-refractivity contribution in [2.45, 2.75) is 212 Å². The molecule has 1 aromatic carbocycles. The maximum atomic E-state index is 12.9. The molecule has 0 heterocycles. The largest absolute Gasteiger partial charge is 0.463 e. The van der Waals surface area contributed by atoms with Gasteiger partial charge in [-0.3, -0.25) is 14.4 Å². The molecule has 1 atom stereocenters. The van der Waals surface area contributed by atoms with Crippen LogP contribution < -0.4 is 11.1 Å². The van der Waals surface area contributed by atoms with Gasteiger partial charge in [-0.25, -0.2) is 0 Å². The Morgan fingerprint density at radius 1 is 0.529 bits per heavy atom. The second-order valence-corrected chi connectivity index (χ2v) is 14.9. The summed E-state index contributed by atoms with van der Waals surface area (Å²) in [5, 5.41) is 2.86. The monoisotopic (exact) mass is 715 g/mol. The van der Waals surface area contributed by atoms with E-state index in [0.29, 0.717) is 19.3 Å². The fourth-order valence-corrected chi connectivity index (χ4v) is 6.51. The molecule has 294 valence electrons.